The number of benzene rings is 1. The van der Waals surface area contributed by atoms with Crippen molar-refractivity contribution in [3.63, 3.8) is 0 Å². The van der Waals surface area contributed by atoms with Crippen molar-refractivity contribution < 1.29 is 33.4 Å². The summed E-state index contributed by atoms with van der Waals surface area (Å²) < 4.78 is 12.0. The number of carbonyl (C=O) groups excluding carboxylic acids is 5. The van der Waals surface area contributed by atoms with Crippen LogP contribution in [-0.2, 0) is 35.1 Å². The number of rotatable bonds is 22. The number of ether oxygens (including phenoxy) is 2. The lowest BCUT2D eigenvalue weighted by molar-refractivity contribution is -0.148. The Hall–Kier alpha value is -3.35. The minimum atomic E-state index is -0.760. The van der Waals surface area contributed by atoms with Crippen molar-refractivity contribution in [1.82, 2.24) is 25.3 Å². The van der Waals surface area contributed by atoms with E-state index in [1.165, 1.54) is 6.92 Å². The van der Waals surface area contributed by atoms with Gasteiger partial charge in [-0.1, -0.05) is 79.2 Å². The Morgan fingerprint density at radius 1 is 0.891 bits per heavy atom. The van der Waals surface area contributed by atoms with E-state index >= 15 is 0 Å². The normalized spacial score (nSPS) is 18.5. The number of Topliss-reactive ketones (excluding diaryl/α,β-unsaturated/α-hetero) is 1. The average molecular weight is 772 g/mol. The number of methoxy groups -OCH3 is 2. The van der Waals surface area contributed by atoms with Crippen molar-refractivity contribution in [2.75, 3.05) is 41.4 Å². The van der Waals surface area contributed by atoms with Crippen molar-refractivity contribution in [1.29, 1.82) is 0 Å². The van der Waals surface area contributed by atoms with Crippen LogP contribution in [0.4, 0.5) is 0 Å². The van der Waals surface area contributed by atoms with Crippen molar-refractivity contribution in [3.8, 4) is 0 Å². The molecule has 55 heavy (non-hydrogen) atoms. The van der Waals surface area contributed by atoms with Crippen LogP contribution in [0.5, 0.6) is 0 Å². The lowest BCUT2D eigenvalue weighted by atomic mass is 9.89. The highest BCUT2D eigenvalue weighted by atomic mass is 16.5. The summed E-state index contributed by atoms with van der Waals surface area (Å²) in [6.45, 7) is 20.4. The molecule has 12 heteroatoms. The maximum atomic E-state index is 14.3. The van der Waals surface area contributed by atoms with E-state index in [1.807, 2.05) is 77.4 Å². The summed E-state index contributed by atoms with van der Waals surface area (Å²) in [4.78, 5) is 72.7. The number of amides is 4. The molecule has 1 aromatic rings. The Balaban J connectivity index is 2.21. The van der Waals surface area contributed by atoms with Crippen LogP contribution in [0.25, 0.3) is 0 Å². The Kier molecular flexibility index (Phi) is 19.5. The van der Waals surface area contributed by atoms with Crippen molar-refractivity contribution in [3.05, 3.63) is 35.4 Å². The minimum absolute atomic E-state index is 0.0110. The predicted octanol–water partition coefficient (Wildman–Crippen LogP) is 4.97. The largest absolute Gasteiger partial charge is 0.379 e. The Bertz CT molecular complexity index is 1400. The summed E-state index contributed by atoms with van der Waals surface area (Å²) in [5, 5.41) is 6.12. The Morgan fingerprint density at radius 3 is 2.00 bits per heavy atom. The van der Waals surface area contributed by atoms with E-state index in [-0.39, 0.29) is 65.7 Å². The van der Waals surface area contributed by atoms with Gasteiger partial charge in [-0.05, 0) is 70.4 Å². The monoisotopic (exact) mass is 772 g/mol. The molecule has 0 aromatic heterocycles. The van der Waals surface area contributed by atoms with Crippen LogP contribution in [0.3, 0.4) is 0 Å². The van der Waals surface area contributed by atoms with Crippen LogP contribution in [0.2, 0.25) is 0 Å². The van der Waals surface area contributed by atoms with E-state index in [9.17, 15) is 24.0 Å². The van der Waals surface area contributed by atoms with Gasteiger partial charge in [-0.25, -0.2) is 0 Å². The van der Waals surface area contributed by atoms with Crippen LogP contribution in [0.1, 0.15) is 111 Å². The summed E-state index contributed by atoms with van der Waals surface area (Å²) in [6, 6.07) is 5.64. The summed E-state index contributed by atoms with van der Waals surface area (Å²) in [5.41, 5.74) is 1.67. The molecule has 4 amide bonds. The summed E-state index contributed by atoms with van der Waals surface area (Å²) in [6.07, 6.45) is 1.77. The van der Waals surface area contributed by atoms with Gasteiger partial charge in [0.05, 0.1) is 42.7 Å². The Morgan fingerprint density at radius 2 is 1.51 bits per heavy atom. The van der Waals surface area contributed by atoms with E-state index in [4.69, 9.17) is 9.47 Å². The lowest BCUT2D eigenvalue weighted by Gasteiger charge is -2.41. The molecule has 8 atom stereocenters. The molecule has 0 saturated carbocycles. The minimum Gasteiger partial charge on any atom is -0.379 e. The van der Waals surface area contributed by atoms with E-state index < -0.39 is 36.3 Å². The number of hydrogen-bond donors (Lipinski definition) is 2. The smallest absolute Gasteiger partial charge is 0.245 e. The van der Waals surface area contributed by atoms with Crippen molar-refractivity contribution in [2.45, 2.75) is 144 Å². The molecule has 2 rings (SSSR count). The van der Waals surface area contributed by atoms with E-state index in [1.54, 1.807) is 38.3 Å². The number of hydrogen-bond acceptors (Lipinski definition) is 8. The maximum absolute atomic E-state index is 14.3. The molecule has 0 bridgehead atoms. The highest BCUT2D eigenvalue weighted by Crippen LogP contribution is 2.30. The van der Waals surface area contributed by atoms with Gasteiger partial charge in [0.15, 0.2) is 5.78 Å². The molecule has 1 aliphatic heterocycles. The third-order valence-corrected chi connectivity index (χ3v) is 11.7. The second kappa shape index (κ2) is 22.4. The molecule has 12 nitrogen and oxygen atoms in total. The predicted molar refractivity (Wildman–Crippen MR) is 218 cm³/mol. The first-order valence-corrected chi connectivity index (χ1v) is 20.3. The molecule has 2 N–H and O–H groups in total. The summed E-state index contributed by atoms with van der Waals surface area (Å²) in [7, 11) is 6.84. The zero-order chi connectivity index (χ0) is 41.7. The second-order valence-electron chi connectivity index (χ2n) is 16.6. The fraction of sp³-hybridized carbons (Fsp3) is 0.744. The second-order valence-corrected chi connectivity index (χ2v) is 16.6. The van der Waals surface area contributed by atoms with E-state index in [2.05, 4.69) is 24.5 Å². The number of carbonyl (C=O) groups is 5. The fourth-order valence-electron chi connectivity index (χ4n) is 7.95. The van der Waals surface area contributed by atoms with Gasteiger partial charge in [-0.2, -0.15) is 0 Å². The van der Waals surface area contributed by atoms with Gasteiger partial charge in [0, 0.05) is 46.0 Å². The molecular weight excluding hydrogens is 699 g/mol. The SMILES string of the molecule is CC[C@H](C)[C@@H]([C@@H](CC(=O)N1CCC[C@H]1[C@H](OC)[C@@H](C)C(=O)NCCc1ccc(C(C)=O)cc1)OC)N(C)C(=O)[C@@H](NC(=O)[C@H](C(C)C)N(C)C(C)C)C(C)C. The van der Waals surface area contributed by atoms with Crippen LogP contribution in [-0.4, -0.2) is 128 Å². The van der Waals surface area contributed by atoms with E-state index in [0.717, 1.165) is 18.4 Å². The van der Waals surface area contributed by atoms with Crippen LogP contribution in [0, 0.1) is 23.7 Å². The molecule has 0 aliphatic carbocycles. The topological polar surface area (TPSA) is 138 Å². The molecule has 0 radical (unpaired) electrons. The number of likely N-dealkylation sites (tertiary alicyclic amines) is 1. The highest BCUT2D eigenvalue weighted by molar-refractivity contribution is 5.94. The molecule has 1 fully saturated rings. The zero-order valence-electron chi connectivity index (χ0n) is 36.3. The standard InChI is InChI=1S/C43H73N5O7/c1-15-29(8)39(47(12)43(53)37(26(2)3)45-42(52)38(27(4)5)46(11)28(6)7)35(54-13)25-36(50)48-24-16-17-34(48)40(55-14)30(9)41(51)44-23-22-32-18-20-33(21-19-32)31(10)49/h18-21,26-30,34-35,37-40H,15-17,22-25H2,1-14H3,(H,44,51)(H,45,52)/t29-,30+,34-,35+,37-,38-,39-,40+/m0/s1. The Labute approximate surface area is 331 Å². The van der Waals surface area contributed by atoms with Gasteiger partial charge >= 0.3 is 0 Å². The average Bonchev–Trinajstić information content (AvgIpc) is 3.62. The maximum Gasteiger partial charge on any atom is 0.245 e. The molecule has 1 heterocycles. The van der Waals surface area contributed by atoms with Crippen molar-refractivity contribution in [2.24, 2.45) is 23.7 Å². The molecular formula is C43H73N5O7. The van der Waals surface area contributed by atoms with E-state index in [0.29, 0.717) is 31.5 Å². The van der Waals surface area contributed by atoms with Gasteiger partial charge < -0.3 is 29.9 Å². The number of nitrogens with one attached hydrogen (secondary N) is 2. The highest BCUT2D eigenvalue weighted by Gasteiger charge is 2.43. The number of nitrogens with zero attached hydrogens (tertiary/aromatic N) is 3. The van der Waals surface area contributed by atoms with Gasteiger partial charge in [-0.3, -0.25) is 28.9 Å². The fourth-order valence-corrected chi connectivity index (χ4v) is 7.95. The molecule has 1 aromatic carbocycles. The van der Waals surface area contributed by atoms with Crippen LogP contribution in [0.15, 0.2) is 24.3 Å². The quantitative estimate of drug-likeness (QED) is 0.158. The summed E-state index contributed by atoms with van der Waals surface area (Å²) in [5.74, 6) is -1.32. The molecule has 0 spiro atoms. The first kappa shape index (κ1) is 47.8. The van der Waals surface area contributed by atoms with Gasteiger partial charge in [0.2, 0.25) is 23.6 Å². The molecule has 312 valence electrons. The molecule has 1 aliphatic rings. The zero-order valence-corrected chi connectivity index (χ0v) is 36.3. The first-order valence-electron chi connectivity index (χ1n) is 20.3. The van der Waals surface area contributed by atoms with Crippen molar-refractivity contribution >= 4 is 29.4 Å². The molecule has 1 saturated heterocycles. The van der Waals surface area contributed by atoms with Gasteiger partial charge in [-0.15, -0.1) is 0 Å². The third kappa shape index (κ3) is 12.8. The molecule has 0 unspecified atom stereocenters. The first-order chi connectivity index (χ1) is 25.8. The number of likely N-dealkylation sites (N-methyl/N-ethyl adjacent to an activating group) is 2. The van der Waals surface area contributed by atoms with Crippen LogP contribution >= 0.6 is 0 Å². The summed E-state index contributed by atoms with van der Waals surface area (Å²) >= 11 is 0. The van der Waals surface area contributed by atoms with Gasteiger partial charge in [0.25, 0.3) is 0 Å². The van der Waals surface area contributed by atoms with Crippen LogP contribution < -0.4 is 10.6 Å². The van der Waals surface area contributed by atoms with Gasteiger partial charge in [0.1, 0.15) is 6.04 Å². The number of ketones is 1. The third-order valence-electron chi connectivity index (χ3n) is 11.7. The lowest BCUT2D eigenvalue weighted by Crippen LogP contribution is -2.60.